The summed E-state index contributed by atoms with van der Waals surface area (Å²) in [6, 6.07) is 0. The molecule has 0 radical (unpaired) electrons. The van der Waals surface area contributed by atoms with Gasteiger partial charge in [-0.3, -0.25) is 11.7 Å². The predicted molar refractivity (Wildman–Crippen MR) is 39.2 cm³/mol. The van der Waals surface area contributed by atoms with Gasteiger partial charge in [-0.25, -0.2) is 0 Å². The van der Waals surface area contributed by atoms with Crippen LogP contribution in [0.5, 0.6) is 0 Å². The number of hydrogen-bond acceptors (Lipinski definition) is 2. The molecule has 4 nitrogen and oxygen atoms in total. The maximum absolute atomic E-state index is 5.55. The van der Waals surface area contributed by atoms with Gasteiger partial charge in [0.2, 0.25) is 0 Å². The highest BCUT2D eigenvalue weighted by Gasteiger charge is 2.14. The molecule has 4 N–H and O–H groups in total. The van der Waals surface area contributed by atoms with Gasteiger partial charge in [0, 0.05) is 6.92 Å². The first-order valence-corrected chi connectivity index (χ1v) is 3.39. The molecule has 1 rings (SSSR count). The third kappa shape index (κ3) is 1.70. The summed E-state index contributed by atoms with van der Waals surface area (Å²) in [5.74, 6) is 12.2. The maximum atomic E-state index is 5.55. The van der Waals surface area contributed by atoms with Crippen molar-refractivity contribution in [1.29, 1.82) is 0 Å². The van der Waals surface area contributed by atoms with Crippen LogP contribution in [0.1, 0.15) is 11.5 Å². The van der Waals surface area contributed by atoms with E-state index < -0.39 is 0 Å². The van der Waals surface area contributed by atoms with Crippen LogP contribution in [0.4, 0.5) is 0 Å². The second-order valence-corrected chi connectivity index (χ2v) is 2.35. The fourth-order valence-electron chi connectivity index (χ4n) is 0.747. The average molecular weight is 197 g/mol. The Morgan fingerprint density at radius 1 is 1.73 bits per heavy atom. The van der Waals surface area contributed by atoms with Crippen LogP contribution in [-0.2, 0) is 5.88 Å². The number of nitrogens with two attached hydrogens (primary N) is 2. The Morgan fingerprint density at radius 3 is 2.45 bits per heavy atom. The first-order valence-electron chi connectivity index (χ1n) is 2.85. The summed E-state index contributed by atoms with van der Waals surface area (Å²) in [5, 5.41) is 0. The highest BCUT2D eigenvalue weighted by atomic mass is 35.5. The minimum Gasteiger partial charge on any atom is -1.00 e. The van der Waals surface area contributed by atoms with E-state index in [1.165, 1.54) is 9.35 Å². The molecule has 0 aliphatic carbocycles. The third-order valence-electron chi connectivity index (χ3n) is 1.46. The average Bonchev–Trinajstić information content (AvgIpc) is 2.17. The Labute approximate surface area is 76.1 Å². The molecule has 1 heterocycles. The number of rotatable bonds is 1. The number of hydrogen-bond donors (Lipinski definition) is 2. The summed E-state index contributed by atoms with van der Waals surface area (Å²) < 4.78 is 2.91. The molecule has 1 aromatic heterocycles. The number of aromatic nitrogens is 2. The van der Waals surface area contributed by atoms with E-state index in [9.17, 15) is 0 Å². The van der Waals surface area contributed by atoms with Crippen molar-refractivity contribution in [3.05, 3.63) is 17.7 Å². The Balaban J connectivity index is 0.000001000. The van der Waals surface area contributed by atoms with Crippen molar-refractivity contribution in [1.82, 2.24) is 4.68 Å². The topological polar surface area (TPSA) is 60.8 Å². The standard InChI is InChI=1S/C5H10ClN4.ClH/c1-4-9(7)3-5(2-6)10(4)8;/h3H,2,7-8H2,1H3;1H/q+1;/p-1. The molecule has 0 aliphatic rings. The number of nitrogens with zero attached hydrogens (tertiary/aromatic N) is 2. The molecule has 0 fully saturated rings. The summed E-state index contributed by atoms with van der Waals surface area (Å²) in [5.41, 5.74) is 0.807. The zero-order valence-corrected chi connectivity index (χ0v) is 7.60. The Hall–Kier alpha value is -0.610. The lowest BCUT2D eigenvalue weighted by Crippen LogP contribution is -3.00. The van der Waals surface area contributed by atoms with Gasteiger partial charge in [-0.05, 0) is 0 Å². The minimum atomic E-state index is 0. The number of nitrogen functional groups attached to an aromatic ring is 2. The summed E-state index contributed by atoms with van der Waals surface area (Å²) in [7, 11) is 0. The van der Waals surface area contributed by atoms with Gasteiger partial charge in [-0.15, -0.1) is 21.0 Å². The molecule has 0 atom stereocenters. The first-order chi connectivity index (χ1) is 4.66. The predicted octanol–water partition coefficient (Wildman–Crippen LogP) is -3.75. The molecule has 64 valence electrons. The van der Waals surface area contributed by atoms with Crippen LogP contribution in [0.25, 0.3) is 0 Å². The van der Waals surface area contributed by atoms with Crippen molar-refractivity contribution < 1.29 is 17.1 Å². The number of alkyl halides is 1. The highest BCUT2D eigenvalue weighted by molar-refractivity contribution is 6.16. The van der Waals surface area contributed by atoms with E-state index in [0.717, 1.165) is 11.5 Å². The molecule has 11 heavy (non-hydrogen) atoms. The van der Waals surface area contributed by atoms with Crippen molar-refractivity contribution in [2.75, 3.05) is 11.7 Å². The molecule has 0 spiro atoms. The maximum Gasteiger partial charge on any atom is 0.299 e. The van der Waals surface area contributed by atoms with E-state index in [1.54, 1.807) is 6.20 Å². The van der Waals surface area contributed by atoms with Gasteiger partial charge in [-0.1, -0.05) is 0 Å². The van der Waals surface area contributed by atoms with Crippen LogP contribution < -0.4 is 28.8 Å². The van der Waals surface area contributed by atoms with Crippen LogP contribution in [-0.4, -0.2) is 4.68 Å². The van der Waals surface area contributed by atoms with Gasteiger partial charge in [-0.2, -0.15) is 0 Å². The molecule has 0 saturated carbocycles. The number of halogens is 2. The molecule has 0 aliphatic heterocycles. The van der Waals surface area contributed by atoms with E-state index in [4.69, 9.17) is 23.3 Å². The second kappa shape index (κ2) is 3.69. The zero-order chi connectivity index (χ0) is 7.72. The lowest BCUT2D eigenvalue weighted by molar-refractivity contribution is -0.645. The van der Waals surface area contributed by atoms with E-state index >= 15 is 0 Å². The van der Waals surface area contributed by atoms with Gasteiger partial charge in [0.25, 0.3) is 5.82 Å². The van der Waals surface area contributed by atoms with Crippen LogP contribution in [0.2, 0.25) is 0 Å². The summed E-state index contributed by atoms with van der Waals surface area (Å²) in [6.07, 6.45) is 1.70. The van der Waals surface area contributed by atoms with E-state index in [0.29, 0.717) is 5.88 Å². The van der Waals surface area contributed by atoms with Crippen LogP contribution in [0.15, 0.2) is 6.20 Å². The molecule has 0 unspecified atom stereocenters. The van der Waals surface area contributed by atoms with Crippen LogP contribution in [0.3, 0.4) is 0 Å². The van der Waals surface area contributed by atoms with Crippen molar-refractivity contribution in [3.8, 4) is 0 Å². The van der Waals surface area contributed by atoms with Crippen molar-refractivity contribution in [2.45, 2.75) is 12.8 Å². The minimum absolute atomic E-state index is 0. The second-order valence-electron chi connectivity index (χ2n) is 2.08. The quantitative estimate of drug-likeness (QED) is 0.276. The van der Waals surface area contributed by atoms with Gasteiger partial charge in [0.1, 0.15) is 0 Å². The fraction of sp³-hybridized carbons (Fsp3) is 0.400. The zero-order valence-electron chi connectivity index (χ0n) is 6.09. The summed E-state index contributed by atoms with van der Waals surface area (Å²) in [4.78, 5) is 0. The highest BCUT2D eigenvalue weighted by Crippen LogP contribution is 1.99. The molecule has 0 saturated heterocycles. The molecule has 0 bridgehead atoms. The van der Waals surface area contributed by atoms with Crippen molar-refractivity contribution in [3.63, 3.8) is 0 Å². The van der Waals surface area contributed by atoms with Gasteiger partial charge in [0.15, 0.2) is 11.9 Å². The van der Waals surface area contributed by atoms with Gasteiger partial charge >= 0.3 is 0 Å². The van der Waals surface area contributed by atoms with E-state index in [-0.39, 0.29) is 12.4 Å². The molecule has 1 aromatic rings. The lowest BCUT2D eigenvalue weighted by atomic mass is 10.5. The molecular weight excluding hydrogens is 187 g/mol. The summed E-state index contributed by atoms with van der Waals surface area (Å²) >= 11 is 5.55. The van der Waals surface area contributed by atoms with E-state index in [1.807, 2.05) is 6.92 Å². The monoisotopic (exact) mass is 196 g/mol. The molecule has 0 amide bonds. The molecule has 6 heteroatoms. The molecule has 0 aromatic carbocycles. The smallest absolute Gasteiger partial charge is 0.299 e. The first kappa shape index (κ1) is 10.4. The number of imidazole rings is 1. The fourth-order valence-corrected chi connectivity index (χ4v) is 0.945. The van der Waals surface area contributed by atoms with Crippen LogP contribution in [0, 0.1) is 6.92 Å². The van der Waals surface area contributed by atoms with Crippen molar-refractivity contribution >= 4 is 11.6 Å². The summed E-state index contributed by atoms with van der Waals surface area (Å²) in [6.45, 7) is 1.82. The van der Waals surface area contributed by atoms with Crippen molar-refractivity contribution in [2.24, 2.45) is 0 Å². The Kier molecular flexibility index (Phi) is 3.48. The van der Waals surface area contributed by atoms with Crippen LogP contribution >= 0.6 is 11.6 Å². The largest absolute Gasteiger partial charge is 1.00 e. The Morgan fingerprint density at radius 2 is 2.27 bits per heavy atom. The lowest BCUT2D eigenvalue weighted by Gasteiger charge is -1.88. The third-order valence-corrected chi connectivity index (χ3v) is 1.73. The normalized spacial score (nSPS) is 9.27. The van der Waals surface area contributed by atoms with Gasteiger partial charge in [0.05, 0.1) is 5.88 Å². The molecular formula is C5H10Cl2N4. The van der Waals surface area contributed by atoms with Gasteiger partial charge < -0.3 is 12.4 Å². The Bertz CT molecular complexity index is 245. The van der Waals surface area contributed by atoms with E-state index in [2.05, 4.69) is 0 Å². The SMILES string of the molecule is Cc1n(N)c(CCl)c[n+]1N.[Cl-].